The van der Waals surface area contributed by atoms with Gasteiger partial charge >= 0.3 is 0 Å². The number of hydrogen-bond donors (Lipinski definition) is 4. The second kappa shape index (κ2) is 9.11. The Hall–Kier alpha value is -2.16. The van der Waals surface area contributed by atoms with E-state index in [0.717, 1.165) is 58.7 Å². The Bertz CT molecular complexity index is 899. The second-order valence-electron chi connectivity index (χ2n) is 7.74. The fourth-order valence-electron chi connectivity index (χ4n) is 3.65. The fraction of sp³-hybridized carbons (Fsp3) is 0.409. The van der Waals surface area contributed by atoms with Crippen LogP contribution >= 0.6 is 24.0 Å². The van der Waals surface area contributed by atoms with Crippen LogP contribution in [-0.4, -0.2) is 23.3 Å². The molecule has 29 heavy (non-hydrogen) atoms. The summed E-state index contributed by atoms with van der Waals surface area (Å²) in [6, 6.07) is 7.36. The lowest BCUT2D eigenvalue weighted by atomic mass is 9.86. The predicted octanol–water partition coefficient (Wildman–Crippen LogP) is 4.79. The third-order valence-electron chi connectivity index (χ3n) is 5.63. The third kappa shape index (κ3) is 5.07. The monoisotopic (exact) mass is 511 g/mol. The molecule has 0 bridgehead atoms. The first-order valence-corrected chi connectivity index (χ1v) is 9.55. The van der Waals surface area contributed by atoms with Gasteiger partial charge in [0.2, 0.25) is 0 Å². The van der Waals surface area contributed by atoms with Gasteiger partial charge in [0.05, 0.1) is 6.61 Å². The number of nitrogens with one attached hydrogen (secondary N) is 2. The third-order valence-corrected chi connectivity index (χ3v) is 5.63. The summed E-state index contributed by atoms with van der Waals surface area (Å²) in [6.07, 6.45) is 2.53. The molecule has 0 saturated heterocycles. The minimum absolute atomic E-state index is 0. The molecule has 5 N–H and O–H groups in total. The first-order chi connectivity index (χ1) is 13.2. The van der Waals surface area contributed by atoms with E-state index in [1.54, 1.807) is 0 Å². The number of fused-ring (bicyclic) bond motifs is 1. The number of benzene rings is 2. The Morgan fingerprint density at radius 2 is 1.86 bits per heavy atom. The topological polar surface area (TPSA) is 101 Å². The van der Waals surface area contributed by atoms with E-state index in [2.05, 4.69) is 12.2 Å². The maximum absolute atomic E-state index is 10.3. The highest BCUT2D eigenvalue weighted by Gasteiger charge is 2.34. The highest BCUT2D eigenvalue weighted by molar-refractivity contribution is 14.0. The van der Waals surface area contributed by atoms with E-state index in [4.69, 9.17) is 20.6 Å². The van der Waals surface area contributed by atoms with Gasteiger partial charge in [0.1, 0.15) is 22.8 Å². The number of aromatic hydroxyl groups is 1. The maximum atomic E-state index is 10.3. The smallest absolute Gasteiger partial charge is 0.190 e. The van der Waals surface area contributed by atoms with Crippen molar-refractivity contribution in [2.45, 2.75) is 52.6 Å². The molecule has 0 spiro atoms. The van der Waals surface area contributed by atoms with Crippen LogP contribution in [0.5, 0.6) is 17.2 Å². The zero-order valence-corrected chi connectivity index (χ0v) is 19.7. The summed E-state index contributed by atoms with van der Waals surface area (Å²) in [5.74, 6) is 1.97. The molecule has 1 aliphatic heterocycles. The van der Waals surface area contributed by atoms with E-state index in [1.165, 1.54) is 0 Å². The highest BCUT2D eigenvalue weighted by Crippen LogP contribution is 2.44. The number of phenols is 1. The molecule has 0 radical (unpaired) electrons. The molecule has 2 aromatic rings. The van der Waals surface area contributed by atoms with Gasteiger partial charge in [-0.25, -0.2) is 0 Å². The van der Waals surface area contributed by atoms with Crippen LogP contribution in [0.25, 0.3) is 0 Å². The molecule has 0 fully saturated rings. The Kier molecular flexibility index (Phi) is 7.26. The average molecular weight is 511 g/mol. The molecular formula is C22H30IN3O3. The van der Waals surface area contributed by atoms with Crippen molar-refractivity contribution in [3.05, 3.63) is 46.5 Å². The van der Waals surface area contributed by atoms with Gasteiger partial charge < -0.3 is 25.6 Å². The van der Waals surface area contributed by atoms with Crippen LogP contribution in [0.3, 0.4) is 0 Å². The minimum atomic E-state index is -0.302. The summed E-state index contributed by atoms with van der Waals surface area (Å²) >= 11 is 0. The van der Waals surface area contributed by atoms with Crippen LogP contribution in [0.1, 0.15) is 42.0 Å². The molecule has 0 aromatic heterocycles. The molecule has 158 valence electrons. The summed E-state index contributed by atoms with van der Waals surface area (Å²) in [6.45, 7) is 8.56. The first kappa shape index (κ1) is 23.1. The summed E-state index contributed by atoms with van der Waals surface area (Å²) in [5, 5.41) is 20.3. The standard InChI is InChI=1S/C22H29N3O3.HI/c1-13-14(2)20-18(15(3)19(13)26)9-10-22(4,28-20)11-12-27-17-7-5-16(6-8-17)25-21(23)24;/h5-8,26H,9-12H2,1-4H3,(H4,23,24,25);1H. The lowest BCUT2D eigenvalue weighted by molar-refractivity contribution is 0.0412. The van der Waals surface area contributed by atoms with Gasteiger partial charge in [-0.1, -0.05) is 0 Å². The number of anilines is 1. The Morgan fingerprint density at radius 3 is 2.48 bits per heavy atom. The Labute approximate surface area is 189 Å². The molecule has 2 aromatic carbocycles. The quantitative estimate of drug-likeness (QED) is 0.263. The summed E-state index contributed by atoms with van der Waals surface area (Å²) in [7, 11) is 0. The van der Waals surface area contributed by atoms with Gasteiger partial charge in [-0.05, 0) is 81.5 Å². The van der Waals surface area contributed by atoms with Gasteiger partial charge in [0, 0.05) is 17.7 Å². The van der Waals surface area contributed by atoms with Crippen LogP contribution in [0.4, 0.5) is 5.69 Å². The molecule has 7 heteroatoms. The van der Waals surface area contributed by atoms with Crippen molar-refractivity contribution in [1.29, 1.82) is 5.41 Å². The van der Waals surface area contributed by atoms with Crippen LogP contribution in [0.15, 0.2) is 24.3 Å². The van der Waals surface area contributed by atoms with Gasteiger partial charge in [-0.3, -0.25) is 5.41 Å². The Balaban J connectivity index is 0.00000300. The first-order valence-electron chi connectivity index (χ1n) is 9.55. The number of guanidine groups is 1. The molecule has 6 nitrogen and oxygen atoms in total. The number of rotatable bonds is 5. The SMILES string of the molecule is Cc1c(C)c2c(c(C)c1O)CCC(C)(CCOc1ccc(NC(=N)N)cc1)O2.I. The maximum Gasteiger partial charge on any atom is 0.190 e. The normalized spacial score (nSPS) is 17.5. The predicted molar refractivity (Wildman–Crippen MR) is 127 cm³/mol. The van der Waals surface area contributed by atoms with Crippen molar-refractivity contribution in [2.75, 3.05) is 11.9 Å². The van der Waals surface area contributed by atoms with E-state index in [1.807, 2.05) is 45.0 Å². The van der Waals surface area contributed by atoms with Crippen molar-refractivity contribution in [3.63, 3.8) is 0 Å². The molecule has 1 aliphatic rings. The van der Waals surface area contributed by atoms with Gasteiger partial charge in [-0.2, -0.15) is 0 Å². The zero-order chi connectivity index (χ0) is 20.5. The average Bonchev–Trinajstić information content (AvgIpc) is 2.65. The van der Waals surface area contributed by atoms with Crippen LogP contribution in [0, 0.1) is 26.2 Å². The summed E-state index contributed by atoms with van der Waals surface area (Å²) in [4.78, 5) is 0. The van der Waals surface area contributed by atoms with Crippen LogP contribution in [-0.2, 0) is 6.42 Å². The van der Waals surface area contributed by atoms with Crippen LogP contribution in [0.2, 0.25) is 0 Å². The number of phenolic OH excluding ortho intramolecular Hbond substituents is 1. The largest absolute Gasteiger partial charge is 0.507 e. The van der Waals surface area contributed by atoms with Gasteiger partial charge in [-0.15, -0.1) is 24.0 Å². The number of nitrogens with two attached hydrogens (primary N) is 1. The van der Waals surface area contributed by atoms with Crippen molar-refractivity contribution in [2.24, 2.45) is 5.73 Å². The van der Waals surface area contributed by atoms with Crippen molar-refractivity contribution >= 4 is 35.6 Å². The molecular weight excluding hydrogens is 481 g/mol. The van der Waals surface area contributed by atoms with Gasteiger partial charge in [0.15, 0.2) is 5.96 Å². The summed E-state index contributed by atoms with van der Waals surface area (Å²) < 4.78 is 12.3. The number of ether oxygens (including phenoxy) is 2. The van der Waals surface area contributed by atoms with Crippen molar-refractivity contribution < 1.29 is 14.6 Å². The lowest BCUT2D eigenvalue weighted by Gasteiger charge is -2.38. The van der Waals surface area contributed by atoms with Crippen LogP contribution < -0.4 is 20.5 Å². The zero-order valence-electron chi connectivity index (χ0n) is 17.4. The molecule has 0 aliphatic carbocycles. The van der Waals surface area contributed by atoms with E-state index >= 15 is 0 Å². The van der Waals surface area contributed by atoms with E-state index in [0.29, 0.717) is 12.4 Å². The molecule has 0 amide bonds. The number of halogens is 1. The van der Waals surface area contributed by atoms with Crippen molar-refractivity contribution in [1.82, 2.24) is 0 Å². The Morgan fingerprint density at radius 1 is 1.21 bits per heavy atom. The van der Waals surface area contributed by atoms with E-state index < -0.39 is 0 Å². The molecule has 1 heterocycles. The molecule has 0 saturated carbocycles. The fourth-order valence-corrected chi connectivity index (χ4v) is 3.65. The van der Waals surface area contributed by atoms with E-state index in [9.17, 15) is 5.11 Å². The second-order valence-corrected chi connectivity index (χ2v) is 7.74. The van der Waals surface area contributed by atoms with Gasteiger partial charge in [0.25, 0.3) is 0 Å². The van der Waals surface area contributed by atoms with Crippen molar-refractivity contribution in [3.8, 4) is 17.2 Å². The molecule has 1 atom stereocenters. The van der Waals surface area contributed by atoms with E-state index in [-0.39, 0.29) is 35.5 Å². The minimum Gasteiger partial charge on any atom is -0.507 e. The summed E-state index contributed by atoms with van der Waals surface area (Å²) in [5.41, 5.74) is 9.72. The molecule has 1 unspecified atom stereocenters. The highest BCUT2D eigenvalue weighted by atomic mass is 127. The lowest BCUT2D eigenvalue weighted by Crippen LogP contribution is -2.38. The number of hydrogen-bond acceptors (Lipinski definition) is 4. The molecule has 3 rings (SSSR count).